The number of anilines is 2. The van der Waals surface area contributed by atoms with Gasteiger partial charge in [-0.1, -0.05) is 6.07 Å². The molecule has 0 aliphatic carbocycles. The van der Waals surface area contributed by atoms with Gasteiger partial charge < -0.3 is 10.6 Å². The predicted octanol–water partition coefficient (Wildman–Crippen LogP) is 3.23. The smallest absolute Gasteiger partial charge is 0.265 e. The average Bonchev–Trinajstić information content (AvgIpc) is 3.00. The number of nitrogens with one attached hydrogen (secondary N) is 2. The first-order valence-corrected chi connectivity index (χ1v) is 7.17. The lowest BCUT2D eigenvalue weighted by atomic mass is 9.86. The highest BCUT2D eigenvalue weighted by molar-refractivity contribution is 7.12. The van der Waals surface area contributed by atoms with E-state index in [0.717, 1.165) is 11.3 Å². The van der Waals surface area contributed by atoms with Gasteiger partial charge in [0.2, 0.25) is 5.91 Å². The maximum atomic E-state index is 12.0. The number of thiophene rings is 1. The Morgan fingerprint density at radius 2 is 2.10 bits per heavy atom. The molecule has 20 heavy (non-hydrogen) atoms. The molecule has 3 rings (SSSR count). The first-order valence-electron chi connectivity index (χ1n) is 6.29. The van der Waals surface area contributed by atoms with Gasteiger partial charge >= 0.3 is 0 Å². The van der Waals surface area contributed by atoms with Crippen molar-refractivity contribution in [3.63, 3.8) is 0 Å². The van der Waals surface area contributed by atoms with Gasteiger partial charge in [0, 0.05) is 11.4 Å². The van der Waals surface area contributed by atoms with Gasteiger partial charge in [0.15, 0.2) is 0 Å². The summed E-state index contributed by atoms with van der Waals surface area (Å²) in [4.78, 5) is 24.6. The number of benzene rings is 1. The minimum Gasteiger partial charge on any atom is -0.325 e. The molecule has 0 unspecified atom stereocenters. The summed E-state index contributed by atoms with van der Waals surface area (Å²) in [7, 11) is 0. The van der Waals surface area contributed by atoms with Crippen molar-refractivity contribution in [3.05, 3.63) is 46.2 Å². The van der Waals surface area contributed by atoms with Crippen LogP contribution in [-0.4, -0.2) is 11.8 Å². The van der Waals surface area contributed by atoms with E-state index in [1.165, 1.54) is 11.3 Å². The van der Waals surface area contributed by atoms with Gasteiger partial charge in [0.05, 0.1) is 10.3 Å². The molecule has 0 saturated carbocycles. The summed E-state index contributed by atoms with van der Waals surface area (Å²) in [6.45, 7) is 3.75. The molecule has 2 aromatic rings. The number of fused-ring (bicyclic) bond motifs is 1. The summed E-state index contributed by atoms with van der Waals surface area (Å²) >= 11 is 1.40. The fraction of sp³-hybridized carbons (Fsp3) is 0.200. The van der Waals surface area contributed by atoms with Crippen LogP contribution >= 0.6 is 11.3 Å². The van der Waals surface area contributed by atoms with E-state index in [4.69, 9.17) is 0 Å². The molecule has 102 valence electrons. The van der Waals surface area contributed by atoms with Crippen LogP contribution in [0, 0.1) is 0 Å². The fourth-order valence-electron chi connectivity index (χ4n) is 2.25. The van der Waals surface area contributed by atoms with E-state index >= 15 is 0 Å². The summed E-state index contributed by atoms with van der Waals surface area (Å²) in [5.74, 6) is -0.149. The second-order valence-corrected chi connectivity index (χ2v) is 6.22. The van der Waals surface area contributed by atoms with Crippen molar-refractivity contribution >= 4 is 34.5 Å². The molecule has 0 atom stereocenters. The Labute approximate surface area is 120 Å². The minimum absolute atomic E-state index is 0.0192. The second-order valence-electron chi connectivity index (χ2n) is 5.27. The molecule has 1 aliphatic rings. The third-order valence-electron chi connectivity index (χ3n) is 3.51. The van der Waals surface area contributed by atoms with Crippen LogP contribution in [0.3, 0.4) is 0 Å². The summed E-state index contributed by atoms with van der Waals surface area (Å²) < 4.78 is 0. The Morgan fingerprint density at radius 1 is 1.30 bits per heavy atom. The zero-order valence-corrected chi connectivity index (χ0v) is 12.0. The van der Waals surface area contributed by atoms with Crippen molar-refractivity contribution in [2.24, 2.45) is 0 Å². The van der Waals surface area contributed by atoms with Crippen molar-refractivity contribution in [1.82, 2.24) is 0 Å². The van der Waals surface area contributed by atoms with Crippen LogP contribution in [0.1, 0.15) is 29.1 Å². The summed E-state index contributed by atoms with van der Waals surface area (Å²) in [6, 6.07) is 9.10. The molecular formula is C15H14N2O2S. The third-order valence-corrected chi connectivity index (χ3v) is 4.38. The SMILES string of the molecule is CC1(C)C(=O)Nc2ccc(NC(=O)c3cccs3)cc21. The highest BCUT2D eigenvalue weighted by atomic mass is 32.1. The van der Waals surface area contributed by atoms with Gasteiger partial charge in [0.25, 0.3) is 5.91 Å². The molecule has 0 fully saturated rings. The molecular weight excluding hydrogens is 272 g/mol. The first-order chi connectivity index (χ1) is 9.48. The molecule has 0 saturated heterocycles. The van der Waals surface area contributed by atoms with E-state index in [1.807, 2.05) is 37.4 Å². The van der Waals surface area contributed by atoms with Crippen molar-refractivity contribution in [2.45, 2.75) is 19.3 Å². The highest BCUT2D eigenvalue weighted by Crippen LogP contribution is 2.38. The van der Waals surface area contributed by atoms with E-state index in [-0.39, 0.29) is 11.8 Å². The average molecular weight is 286 g/mol. The van der Waals surface area contributed by atoms with E-state index in [0.29, 0.717) is 10.6 Å². The Kier molecular flexibility index (Phi) is 2.87. The van der Waals surface area contributed by atoms with Gasteiger partial charge in [-0.15, -0.1) is 11.3 Å². The van der Waals surface area contributed by atoms with Crippen molar-refractivity contribution in [3.8, 4) is 0 Å². The van der Waals surface area contributed by atoms with Crippen molar-refractivity contribution < 1.29 is 9.59 Å². The topological polar surface area (TPSA) is 58.2 Å². The number of amides is 2. The molecule has 5 heteroatoms. The van der Waals surface area contributed by atoms with Crippen LogP contribution in [0.25, 0.3) is 0 Å². The number of rotatable bonds is 2. The van der Waals surface area contributed by atoms with Crippen LogP contribution in [0.4, 0.5) is 11.4 Å². The van der Waals surface area contributed by atoms with Crippen molar-refractivity contribution in [1.29, 1.82) is 0 Å². The lowest BCUT2D eigenvalue weighted by Crippen LogP contribution is -2.26. The van der Waals surface area contributed by atoms with Gasteiger partial charge in [-0.2, -0.15) is 0 Å². The largest absolute Gasteiger partial charge is 0.325 e. The molecule has 0 spiro atoms. The monoisotopic (exact) mass is 286 g/mol. The van der Waals surface area contributed by atoms with Crippen LogP contribution in [0.15, 0.2) is 35.7 Å². The molecule has 0 radical (unpaired) electrons. The molecule has 2 amide bonds. The maximum Gasteiger partial charge on any atom is 0.265 e. The molecule has 4 nitrogen and oxygen atoms in total. The second kappa shape index (κ2) is 4.45. The number of hydrogen-bond donors (Lipinski definition) is 2. The van der Waals surface area contributed by atoms with Crippen molar-refractivity contribution in [2.75, 3.05) is 10.6 Å². The zero-order chi connectivity index (χ0) is 14.3. The lowest BCUT2D eigenvalue weighted by Gasteiger charge is -2.16. The Morgan fingerprint density at radius 3 is 2.80 bits per heavy atom. The number of hydrogen-bond acceptors (Lipinski definition) is 3. The number of carbonyl (C=O) groups excluding carboxylic acids is 2. The number of carbonyl (C=O) groups is 2. The Hall–Kier alpha value is -2.14. The molecule has 1 aromatic carbocycles. The molecule has 2 heterocycles. The van der Waals surface area contributed by atoms with E-state index in [1.54, 1.807) is 12.1 Å². The predicted molar refractivity (Wildman–Crippen MR) is 80.4 cm³/mol. The summed E-state index contributed by atoms with van der Waals surface area (Å²) in [5.41, 5.74) is 1.85. The van der Waals surface area contributed by atoms with Gasteiger partial charge in [-0.3, -0.25) is 9.59 Å². The van der Waals surface area contributed by atoms with Crippen LogP contribution in [0.2, 0.25) is 0 Å². The van der Waals surface area contributed by atoms with Gasteiger partial charge in [-0.25, -0.2) is 0 Å². The Balaban J connectivity index is 1.89. The third kappa shape index (κ3) is 2.00. The molecule has 1 aromatic heterocycles. The quantitative estimate of drug-likeness (QED) is 0.890. The Bertz CT molecular complexity index is 690. The van der Waals surface area contributed by atoms with E-state index in [9.17, 15) is 9.59 Å². The molecule has 0 bridgehead atoms. The standard InChI is InChI=1S/C15H14N2O2S/c1-15(2)10-8-9(5-6-11(10)17-14(15)19)16-13(18)12-4-3-7-20-12/h3-8H,1-2H3,(H,16,18)(H,17,19). The summed E-state index contributed by atoms with van der Waals surface area (Å²) in [5, 5.41) is 7.57. The lowest BCUT2D eigenvalue weighted by molar-refractivity contribution is -0.119. The summed E-state index contributed by atoms with van der Waals surface area (Å²) in [6.07, 6.45) is 0. The normalized spacial score (nSPS) is 15.6. The van der Waals surface area contributed by atoms with Crippen LogP contribution < -0.4 is 10.6 Å². The van der Waals surface area contributed by atoms with E-state index < -0.39 is 5.41 Å². The maximum absolute atomic E-state index is 12.0. The first kappa shape index (κ1) is 12.9. The fourth-order valence-corrected chi connectivity index (χ4v) is 2.87. The zero-order valence-electron chi connectivity index (χ0n) is 11.2. The molecule has 2 N–H and O–H groups in total. The van der Waals surface area contributed by atoms with Gasteiger partial charge in [0.1, 0.15) is 0 Å². The van der Waals surface area contributed by atoms with Crippen LogP contribution in [0.5, 0.6) is 0 Å². The van der Waals surface area contributed by atoms with Gasteiger partial charge in [-0.05, 0) is 49.1 Å². The van der Waals surface area contributed by atoms with E-state index in [2.05, 4.69) is 10.6 Å². The molecule has 1 aliphatic heterocycles. The minimum atomic E-state index is -0.570. The van der Waals surface area contributed by atoms with Crippen LogP contribution in [-0.2, 0) is 10.2 Å². The highest BCUT2D eigenvalue weighted by Gasteiger charge is 2.38.